The molecule has 3 heterocycles. The first kappa shape index (κ1) is 19.3. The van der Waals surface area contributed by atoms with E-state index in [9.17, 15) is 9.59 Å². The monoisotopic (exact) mass is 413 g/mol. The summed E-state index contributed by atoms with van der Waals surface area (Å²) < 4.78 is 1.99. The van der Waals surface area contributed by atoms with Gasteiger partial charge in [-0.05, 0) is 42.5 Å². The number of nitrogens with one attached hydrogen (secondary N) is 1. The molecule has 1 fully saturated rings. The van der Waals surface area contributed by atoms with Gasteiger partial charge in [0.15, 0.2) is 0 Å². The Morgan fingerprint density at radius 3 is 2.52 bits per heavy atom. The number of piperazine rings is 1. The number of carbonyl (C=O) groups is 1. The van der Waals surface area contributed by atoms with Crippen molar-refractivity contribution in [1.29, 1.82) is 0 Å². The molecule has 31 heavy (non-hydrogen) atoms. The van der Waals surface area contributed by atoms with Crippen molar-refractivity contribution >= 4 is 16.8 Å². The summed E-state index contributed by atoms with van der Waals surface area (Å²) in [5.41, 5.74) is 2.26. The van der Waals surface area contributed by atoms with Crippen LogP contribution in [-0.4, -0.2) is 56.4 Å². The molecule has 0 aliphatic carbocycles. The van der Waals surface area contributed by atoms with E-state index in [1.54, 1.807) is 6.07 Å². The number of aromatic amines is 1. The van der Waals surface area contributed by atoms with Crippen LogP contribution in [0.25, 0.3) is 16.6 Å². The van der Waals surface area contributed by atoms with Crippen LogP contribution in [0.4, 0.5) is 0 Å². The largest absolute Gasteiger partial charge is 0.336 e. The molecule has 156 valence electrons. The lowest BCUT2D eigenvalue weighted by atomic mass is 10.1. The minimum absolute atomic E-state index is 0.0471. The van der Waals surface area contributed by atoms with Crippen LogP contribution in [0, 0.1) is 0 Å². The van der Waals surface area contributed by atoms with Crippen molar-refractivity contribution in [2.75, 3.05) is 26.2 Å². The van der Waals surface area contributed by atoms with Crippen molar-refractivity contribution in [3.05, 3.63) is 94.8 Å². The van der Waals surface area contributed by atoms with Crippen molar-refractivity contribution in [3.8, 4) is 5.69 Å². The number of benzene rings is 2. The van der Waals surface area contributed by atoms with Crippen LogP contribution in [0.5, 0.6) is 0 Å². The van der Waals surface area contributed by atoms with Gasteiger partial charge >= 0.3 is 0 Å². The zero-order chi connectivity index (χ0) is 21.2. The van der Waals surface area contributed by atoms with Gasteiger partial charge in [0, 0.05) is 49.8 Å². The molecule has 0 spiro atoms. The second-order valence-corrected chi connectivity index (χ2v) is 7.74. The molecule has 5 rings (SSSR count). The molecule has 0 bridgehead atoms. The minimum Gasteiger partial charge on any atom is -0.336 e. The Balaban J connectivity index is 1.24. The summed E-state index contributed by atoms with van der Waals surface area (Å²) in [5.74, 6) is 0.703. The van der Waals surface area contributed by atoms with Crippen LogP contribution < -0.4 is 5.56 Å². The lowest BCUT2D eigenvalue weighted by molar-refractivity contribution is 0.0625. The fourth-order valence-electron chi connectivity index (χ4n) is 4.02. The molecule has 1 aliphatic heterocycles. The molecule has 1 saturated heterocycles. The maximum absolute atomic E-state index is 13.0. The van der Waals surface area contributed by atoms with Crippen LogP contribution >= 0.6 is 0 Å². The van der Waals surface area contributed by atoms with Crippen LogP contribution in [0.15, 0.2) is 77.9 Å². The lowest BCUT2D eigenvalue weighted by Gasteiger charge is -2.34. The molecule has 1 N–H and O–H groups in total. The zero-order valence-corrected chi connectivity index (χ0v) is 17.1. The molecule has 0 saturated carbocycles. The highest BCUT2D eigenvalue weighted by Crippen LogP contribution is 2.15. The summed E-state index contributed by atoms with van der Waals surface area (Å²) in [7, 11) is 0. The molecule has 0 radical (unpaired) electrons. The lowest BCUT2D eigenvalue weighted by Crippen LogP contribution is -2.48. The number of fused-ring (bicyclic) bond motifs is 1. The molecule has 1 amide bonds. The van der Waals surface area contributed by atoms with Gasteiger partial charge in [-0.1, -0.05) is 18.2 Å². The Bertz CT molecular complexity index is 1270. The first-order chi connectivity index (χ1) is 15.2. The molecule has 2 aromatic carbocycles. The zero-order valence-electron chi connectivity index (χ0n) is 17.1. The molecular weight excluding hydrogens is 390 g/mol. The van der Waals surface area contributed by atoms with Crippen LogP contribution in [0.2, 0.25) is 0 Å². The highest BCUT2D eigenvalue weighted by Gasteiger charge is 2.23. The van der Waals surface area contributed by atoms with E-state index in [1.165, 1.54) is 0 Å². The number of rotatable bonds is 4. The fourth-order valence-corrected chi connectivity index (χ4v) is 4.02. The van der Waals surface area contributed by atoms with Crippen molar-refractivity contribution in [3.63, 3.8) is 0 Å². The quantitative estimate of drug-likeness (QED) is 0.558. The summed E-state index contributed by atoms with van der Waals surface area (Å²) in [6, 6.07) is 19.0. The molecular formula is C24H23N5O2. The number of hydrogen-bond donors (Lipinski definition) is 1. The van der Waals surface area contributed by atoms with Gasteiger partial charge in [0.25, 0.3) is 11.5 Å². The van der Waals surface area contributed by atoms with E-state index in [0.29, 0.717) is 41.9 Å². The Kier molecular flexibility index (Phi) is 5.09. The van der Waals surface area contributed by atoms with Gasteiger partial charge < -0.3 is 14.5 Å². The Morgan fingerprint density at radius 1 is 0.935 bits per heavy atom. The third kappa shape index (κ3) is 4.00. The second kappa shape index (κ2) is 8.20. The van der Waals surface area contributed by atoms with E-state index in [0.717, 1.165) is 18.8 Å². The number of carbonyl (C=O) groups excluding carboxylic acids is 1. The minimum atomic E-state index is -0.114. The number of amides is 1. The first-order valence-electron chi connectivity index (χ1n) is 10.4. The van der Waals surface area contributed by atoms with Gasteiger partial charge in [-0.3, -0.25) is 14.5 Å². The van der Waals surface area contributed by atoms with Gasteiger partial charge in [-0.2, -0.15) is 0 Å². The third-order valence-corrected chi connectivity index (χ3v) is 5.69. The highest BCUT2D eigenvalue weighted by atomic mass is 16.2. The Labute approximate surface area is 179 Å². The van der Waals surface area contributed by atoms with Crippen molar-refractivity contribution in [1.82, 2.24) is 24.3 Å². The Hall–Kier alpha value is -3.71. The van der Waals surface area contributed by atoms with E-state index < -0.39 is 0 Å². The normalized spacial score (nSPS) is 14.8. The predicted octanol–water partition coefficient (Wildman–Crippen LogP) is 2.67. The van der Waals surface area contributed by atoms with E-state index >= 15 is 0 Å². The third-order valence-electron chi connectivity index (χ3n) is 5.69. The van der Waals surface area contributed by atoms with Crippen molar-refractivity contribution in [2.24, 2.45) is 0 Å². The smallest absolute Gasteiger partial charge is 0.258 e. The van der Waals surface area contributed by atoms with E-state index in [2.05, 4.69) is 14.9 Å². The number of nitrogens with zero attached hydrogens (tertiary/aromatic N) is 4. The fraction of sp³-hybridized carbons (Fsp3) is 0.208. The maximum Gasteiger partial charge on any atom is 0.258 e. The molecule has 0 unspecified atom stereocenters. The maximum atomic E-state index is 13.0. The van der Waals surface area contributed by atoms with Gasteiger partial charge in [0.1, 0.15) is 5.82 Å². The van der Waals surface area contributed by atoms with Crippen LogP contribution in [0.3, 0.4) is 0 Å². The molecule has 0 atom stereocenters. The summed E-state index contributed by atoms with van der Waals surface area (Å²) in [6.45, 7) is 3.32. The second-order valence-electron chi connectivity index (χ2n) is 7.74. The number of aromatic nitrogens is 3. The SMILES string of the molecule is O=C(c1cccc(-n2cccc2)c1)N1CCN(Cc2nc3ccccc3c(=O)[nH]2)CC1. The summed E-state index contributed by atoms with van der Waals surface area (Å²) in [5, 5.41) is 0.601. The first-order valence-corrected chi connectivity index (χ1v) is 10.4. The summed E-state index contributed by atoms with van der Waals surface area (Å²) >= 11 is 0. The van der Waals surface area contributed by atoms with E-state index in [4.69, 9.17) is 0 Å². The molecule has 2 aromatic heterocycles. The van der Waals surface area contributed by atoms with Crippen molar-refractivity contribution in [2.45, 2.75) is 6.54 Å². The molecule has 7 nitrogen and oxygen atoms in total. The average Bonchev–Trinajstić information content (AvgIpc) is 3.34. The standard InChI is InChI=1S/C24H23N5O2/c30-23-20-8-1-2-9-21(20)25-22(26-23)17-27-12-14-29(15-13-27)24(31)18-6-5-7-19(16-18)28-10-3-4-11-28/h1-11,16H,12-15,17H2,(H,25,26,30). The van der Waals surface area contributed by atoms with Gasteiger partial charge in [0.2, 0.25) is 0 Å². The Morgan fingerprint density at radius 2 is 1.71 bits per heavy atom. The molecule has 7 heteroatoms. The number of hydrogen-bond acceptors (Lipinski definition) is 4. The summed E-state index contributed by atoms with van der Waals surface area (Å²) in [6.07, 6.45) is 3.93. The van der Waals surface area contributed by atoms with Crippen LogP contribution in [-0.2, 0) is 6.54 Å². The van der Waals surface area contributed by atoms with Gasteiger partial charge in [0.05, 0.1) is 17.4 Å². The van der Waals surface area contributed by atoms with Crippen molar-refractivity contribution < 1.29 is 4.79 Å². The predicted molar refractivity (Wildman–Crippen MR) is 119 cm³/mol. The summed E-state index contributed by atoms with van der Waals surface area (Å²) in [4.78, 5) is 36.9. The van der Waals surface area contributed by atoms with Gasteiger partial charge in [-0.15, -0.1) is 0 Å². The number of H-pyrrole nitrogens is 1. The molecule has 4 aromatic rings. The van der Waals surface area contributed by atoms with E-state index in [1.807, 2.05) is 76.5 Å². The highest BCUT2D eigenvalue weighted by molar-refractivity contribution is 5.94. The average molecular weight is 413 g/mol. The van der Waals surface area contributed by atoms with Crippen LogP contribution in [0.1, 0.15) is 16.2 Å². The van der Waals surface area contributed by atoms with E-state index in [-0.39, 0.29) is 11.5 Å². The number of para-hydroxylation sites is 1. The molecule has 1 aliphatic rings. The van der Waals surface area contributed by atoms with Gasteiger partial charge in [-0.25, -0.2) is 4.98 Å². The topological polar surface area (TPSA) is 74.2 Å².